The van der Waals surface area contributed by atoms with Crippen LogP contribution in [-0.4, -0.2) is 22.0 Å². The van der Waals surface area contributed by atoms with E-state index in [4.69, 9.17) is 4.74 Å². The van der Waals surface area contributed by atoms with E-state index in [0.29, 0.717) is 11.4 Å². The summed E-state index contributed by atoms with van der Waals surface area (Å²) in [5, 5.41) is 3.65. The van der Waals surface area contributed by atoms with Gasteiger partial charge in [-0.15, -0.1) is 0 Å². The average Bonchev–Trinajstić information content (AvgIpc) is 3.12. The molecule has 4 aromatic rings. The van der Waals surface area contributed by atoms with Crippen LogP contribution in [-0.2, 0) is 4.79 Å². The van der Waals surface area contributed by atoms with Crippen molar-refractivity contribution in [1.82, 2.24) is 9.97 Å². The van der Waals surface area contributed by atoms with Gasteiger partial charge in [-0.05, 0) is 43.3 Å². The largest absolute Gasteiger partial charge is 0.481 e. The van der Waals surface area contributed by atoms with Crippen LogP contribution in [0, 0.1) is 5.82 Å². The number of hydrogen-bond acceptors (Lipinski definition) is 5. The molecule has 2 aromatic carbocycles. The summed E-state index contributed by atoms with van der Waals surface area (Å²) in [5.74, 6) is -0.436. The van der Waals surface area contributed by atoms with E-state index >= 15 is 0 Å². The van der Waals surface area contributed by atoms with Gasteiger partial charge in [0.1, 0.15) is 26.9 Å². The number of carbonyl (C=O) groups excluding carboxylic acids is 1. The number of hydrogen-bond donors (Lipinski definition) is 1. The molecule has 0 saturated heterocycles. The van der Waals surface area contributed by atoms with Gasteiger partial charge >= 0.3 is 0 Å². The average molecular weight is 393 g/mol. The molecule has 0 spiro atoms. The molecule has 0 radical (unpaired) electrons. The first-order valence-corrected chi connectivity index (χ1v) is 9.45. The van der Waals surface area contributed by atoms with Crippen molar-refractivity contribution < 1.29 is 13.9 Å². The van der Waals surface area contributed by atoms with Crippen molar-refractivity contribution in [3.05, 3.63) is 72.7 Å². The molecule has 2 aromatic heterocycles. The molecule has 7 heteroatoms. The van der Waals surface area contributed by atoms with Crippen LogP contribution in [0.25, 0.3) is 20.9 Å². The number of ether oxygens (including phenoxy) is 1. The second-order valence-electron chi connectivity index (χ2n) is 6.13. The standard InChI is InChI=1S/C21H16FN3O2S/c1-13(27-17-8-3-6-15(22)12-17)19(26)24-16-7-2-5-14(11-16)20-25-18-9-4-10-23-21(18)28-20/h2-13H,1H3,(H,24,26). The number of benzene rings is 2. The van der Waals surface area contributed by atoms with Crippen molar-refractivity contribution in [2.75, 3.05) is 5.32 Å². The molecule has 4 rings (SSSR count). The summed E-state index contributed by atoms with van der Waals surface area (Å²) in [7, 11) is 0. The third kappa shape index (κ3) is 3.99. The van der Waals surface area contributed by atoms with Crippen molar-refractivity contribution in [1.29, 1.82) is 0 Å². The highest BCUT2D eigenvalue weighted by Crippen LogP contribution is 2.30. The van der Waals surface area contributed by atoms with Crippen LogP contribution in [0.4, 0.5) is 10.1 Å². The first kappa shape index (κ1) is 18.1. The van der Waals surface area contributed by atoms with Crippen molar-refractivity contribution in [2.45, 2.75) is 13.0 Å². The van der Waals surface area contributed by atoms with E-state index < -0.39 is 11.9 Å². The molecule has 28 heavy (non-hydrogen) atoms. The number of aromatic nitrogens is 2. The maximum absolute atomic E-state index is 13.3. The Morgan fingerprint density at radius 1 is 1.14 bits per heavy atom. The van der Waals surface area contributed by atoms with Gasteiger partial charge in [0.05, 0.1) is 0 Å². The summed E-state index contributed by atoms with van der Waals surface area (Å²) in [5.41, 5.74) is 2.36. The van der Waals surface area contributed by atoms with E-state index in [-0.39, 0.29) is 5.91 Å². The minimum Gasteiger partial charge on any atom is -0.481 e. The SMILES string of the molecule is CC(Oc1cccc(F)c1)C(=O)Nc1cccc(-c2nc3cccnc3s2)c1. The van der Waals surface area contributed by atoms with Crippen LogP contribution in [0.3, 0.4) is 0 Å². The number of fused-ring (bicyclic) bond motifs is 1. The maximum Gasteiger partial charge on any atom is 0.265 e. The lowest BCUT2D eigenvalue weighted by Crippen LogP contribution is -2.30. The lowest BCUT2D eigenvalue weighted by Gasteiger charge is -2.15. The van der Waals surface area contributed by atoms with Crippen molar-refractivity contribution in [2.24, 2.45) is 0 Å². The number of thiazole rings is 1. The fourth-order valence-corrected chi connectivity index (χ4v) is 3.57. The van der Waals surface area contributed by atoms with Crippen molar-refractivity contribution >= 4 is 33.3 Å². The molecule has 2 heterocycles. The molecular weight excluding hydrogens is 377 g/mol. The Morgan fingerprint density at radius 2 is 2.00 bits per heavy atom. The lowest BCUT2D eigenvalue weighted by atomic mass is 10.2. The predicted molar refractivity (Wildman–Crippen MR) is 108 cm³/mol. The number of halogens is 1. The van der Waals surface area contributed by atoms with E-state index in [0.717, 1.165) is 20.9 Å². The summed E-state index contributed by atoms with van der Waals surface area (Å²) in [6.07, 6.45) is 0.957. The molecule has 5 nitrogen and oxygen atoms in total. The van der Waals surface area contributed by atoms with Crippen LogP contribution in [0.1, 0.15) is 6.92 Å². The topological polar surface area (TPSA) is 64.1 Å². The second kappa shape index (κ2) is 7.74. The van der Waals surface area contributed by atoms with Gasteiger partial charge in [0, 0.05) is 23.5 Å². The molecule has 0 aliphatic carbocycles. The third-order valence-corrected chi connectivity index (χ3v) is 5.05. The van der Waals surface area contributed by atoms with Gasteiger partial charge < -0.3 is 10.1 Å². The molecule has 0 saturated carbocycles. The Morgan fingerprint density at radius 3 is 2.82 bits per heavy atom. The summed E-state index contributed by atoms with van der Waals surface area (Å²) >= 11 is 1.49. The first-order chi connectivity index (χ1) is 13.6. The van der Waals surface area contributed by atoms with Gasteiger partial charge in [-0.1, -0.05) is 29.5 Å². The maximum atomic E-state index is 13.3. The zero-order valence-corrected chi connectivity index (χ0v) is 15.7. The highest BCUT2D eigenvalue weighted by Gasteiger charge is 2.16. The van der Waals surface area contributed by atoms with E-state index in [9.17, 15) is 9.18 Å². The fourth-order valence-electron chi connectivity index (χ4n) is 2.67. The lowest BCUT2D eigenvalue weighted by molar-refractivity contribution is -0.122. The molecule has 1 atom stereocenters. The zero-order valence-electron chi connectivity index (χ0n) is 14.9. The molecule has 0 fully saturated rings. The fraction of sp³-hybridized carbons (Fsp3) is 0.0952. The zero-order chi connectivity index (χ0) is 19.5. The van der Waals surface area contributed by atoms with Crippen LogP contribution in [0.2, 0.25) is 0 Å². The van der Waals surface area contributed by atoms with E-state index in [1.54, 1.807) is 25.3 Å². The number of rotatable bonds is 5. The Kier molecular flexibility index (Phi) is 4.99. The summed E-state index contributed by atoms with van der Waals surface area (Å²) in [4.78, 5) is 22.2. The summed E-state index contributed by atoms with van der Waals surface area (Å²) < 4.78 is 18.8. The third-order valence-electron chi connectivity index (χ3n) is 4.02. The molecular formula is C21H16FN3O2S. The predicted octanol–water partition coefficient (Wildman–Crippen LogP) is 4.90. The summed E-state index contributed by atoms with van der Waals surface area (Å²) in [6.45, 7) is 1.61. The van der Waals surface area contributed by atoms with Gasteiger partial charge in [-0.2, -0.15) is 0 Å². The Bertz CT molecular complexity index is 1110. The van der Waals surface area contributed by atoms with Gasteiger partial charge in [0.2, 0.25) is 0 Å². The van der Waals surface area contributed by atoms with Crippen LogP contribution < -0.4 is 10.1 Å². The number of nitrogens with one attached hydrogen (secondary N) is 1. The highest BCUT2D eigenvalue weighted by atomic mass is 32.1. The number of amides is 1. The highest BCUT2D eigenvalue weighted by molar-refractivity contribution is 7.21. The van der Waals surface area contributed by atoms with Gasteiger partial charge in [-0.3, -0.25) is 4.79 Å². The second-order valence-corrected chi connectivity index (χ2v) is 7.11. The molecule has 1 N–H and O–H groups in total. The summed E-state index contributed by atoms with van der Waals surface area (Å²) in [6, 6.07) is 16.9. The Hall–Kier alpha value is -3.32. The van der Waals surface area contributed by atoms with Crippen molar-refractivity contribution in [3.8, 4) is 16.3 Å². The van der Waals surface area contributed by atoms with Crippen LogP contribution in [0.5, 0.6) is 5.75 Å². The number of anilines is 1. The Balaban J connectivity index is 1.49. The molecule has 0 aliphatic heterocycles. The minimum atomic E-state index is -0.780. The van der Waals surface area contributed by atoms with Gasteiger partial charge in [0.15, 0.2) is 6.10 Å². The number of pyridine rings is 1. The minimum absolute atomic E-state index is 0.304. The normalized spacial score (nSPS) is 11.9. The monoisotopic (exact) mass is 393 g/mol. The molecule has 140 valence electrons. The molecule has 1 unspecified atom stereocenters. The smallest absolute Gasteiger partial charge is 0.265 e. The van der Waals surface area contributed by atoms with Crippen LogP contribution >= 0.6 is 11.3 Å². The van der Waals surface area contributed by atoms with Gasteiger partial charge in [-0.25, -0.2) is 14.4 Å². The Labute approximate surface area is 164 Å². The van der Waals surface area contributed by atoms with Gasteiger partial charge in [0.25, 0.3) is 5.91 Å². The number of nitrogens with zero attached hydrogens (tertiary/aromatic N) is 2. The quantitative estimate of drug-likeness (QED) is 0.524. The molecule has 1 amide bonds. The van der Waals surface area contributed by atoms with E-state index in [1.807, 2.05) is 30.3 Å². The van der Waals surface area contributed by atoms with Crippen LogP contribution in [0.15, 0.2) is 66.9 Å². The molecule has 0 bridgehead atoms. The van der Waals surface area contributed by atoms with E-state index in [1.165, 1.54) is 29.5 Å². The number of carbonyl (C=O) groups is 1. The van der Waals surface area contributed by atoms with E-state index in [2.05, 4.69) is 15.3 Å². The molecule has 0 aliphatic rings. The van der Waals surface area contributed by atoms with Crippen molar-refractivity contribution in [3.63, 3.8) is 0 Å². The first-order valence-electron chi connectivity index (χ1n) is 8.63.